The van der Waals surface area contributed by atoms with Crippen LogP contribution in [0.2, 0.25) is 0 Å². The van der Waals surface area contributed by atoms with E-state index in [1.807, 2.05) is 6.07 Å². The number of carbonyl (C=O) groups is 1. The van der Waals surface area contributed by atoms with Crippen LogP contribution in [-0.2, 0) is 4.79 Å². The van der Waals surface area contributed by atoms with Crippen LogP contribution < -0.4 is 11.1 Å². The minimum atomic E-state index is -1.31. The fourth-order valence-electron chi connectivity index (χ4n) is 1.84. The van der Waals surface area contributed by atoms with Crippen LogP contribution in [0, 0.1) is 17.5 Å². The van der Waals surface area contributed by atoms with E-state index in [1.54, 1.807) is 24.3 Å². The average molecular weight is 294 g/mol. The molecular formula is C15H13F3N2O. The van der Waals surface area contributed by atoms with E-state index in [1.165, 1.54) is 0 Å². The molecule has 2 rings (SSSR count). The maximum atomic E-state index is 13.4. The van der Waals surface area contributed by atoms with Crippen molar-refractivity contribution in [1.29, 1.82) is 0 Å². The number of hydrogen-bond acceptors (Lipinski definition) is 2. The predicted octanol–water partition coefficient (Wildman–Crippen LogP) is 3.13. The van der Waals surface area contributed by atoms with Crippen molar-refractivity contribution >= 4 is 11.6 Å². The second-order valence-corrected chi connectivity index (χ2v) is 4.52. The Labute approximate surface area is 119 Å². The van der Waals surface area contributed by atoms with Gasteiger partial charge in [-0.2, -0.15) is 0 Å². The van der Waals surface area contributed by atoms with Crippen LogP contribution in [0.5, 0.6) is 0 Å². The van der Waals surface area contributed by atoms with Crippen LogP contribution in [0.4, 0.5) is 18.9 Å². The molecule has 0 aliphatic carbocycles. The summed E-state index contributed by atoms with van der Waals surface area (Å²) in [5, 5.41) is 2.18. The van der Waals surface area contributed by atoms with Crippen molar-refractivity contribution < 1.29 is 18.0 Å². The van der Waals surface area contributed by atoms with Crippen molar-refractivity contribution in [1.82, 2.24) is 0 Å². The molecule has 0 aliphatic rings. The molecule has 2 aromatic rings. The number of anilines is 1. The summed E-state index contributed by atoms with van der Waals surface area (Å²) < 4.78 is 39.2. The second kappa shape index (κ2) is 6.41. The number of halogens is 3. The summed E-state index contributed by atoms with van der Waals surface area (Å²) >= 11 is 0. The SMILES string of the molecule is NC(CC(=O)Nc1cc(F)c(F)cc1F)c1ccccc1. The monoisotopic (exact) mass is 294 g/mol. The van der Waals surface area contributed by atoms with E-state index in [2.05, 4.69) is 5.32 Å². The van der Waals surface area contributed by atoms with E-state index in [0.29, 0.717) is 12.1 Å². The van der Waals surface area contributed by atoms with E-state index in [0.717, 1.165) is 5.56 Å². The van der Waals surface area contributed by atoms with E-state index in [-0.39, 0.29) is 6.42 Å². The summed E-state index contributed by atoms with van der Waals surface area (Å²) in [6.45, 7) is 0. The Morgan fingerprint density at radius 1 is 1.05 bits per heavy atom. The van der Waals surface area contributed by atoms with Gasteiger partial charge < -0.3 is 11.1 Å². The zero-order chi connectivity index (χ0) is 15.4. The summed E-state index contributed by atoms with van der Waals surface area (Å²) in [7, 11) is 0. The highest BCUT2D eigenvalue weighted by atomic mass is 19.2. The molecule has 1 amide bonds. The average Bonchev–Trinajstić information content (AvgIpc) is 2.45. The molecule has 6 heteroatoms. The molecule has 110 valence electrons. The van der Waals surface area contributed by atoms with E-state index < -0.39 is 35.1 Å². The maximum absolute atomic E-state index is 13.4. The largest absolute Gasteiger partial charge is 0.324 e. The molecule has 2 aromatic carbocycles. The summed E-state index contributed by atoms with van der Waals surface area (Å²) in [4.78, 5) is 11.8. The first-order valence-electron chi connectivity index (χ1n) is 6.22. The zero-order valence-corrected chi connectivity index (χ0v) is 10.9. The lowest BCUT2D eigenvalue weighted by atomic mass is 10.0. The van der Waals surface area contributed by atoms with Crippen LogP contribution in [0.1, 0.15) is 18.0 Å². The fourth-order valence-corrected chi connectivity index (χ4v) is 1.84. The van der Waals surface area contributed by atoms with Gasteiger partial charge in [0, 0.05) is 24.6 Å². The zero-order valence-electron chi connectivity index (χ0n) is 10.9. The smallest absolute Gasteiger partial charge is 0.226 e. The Balaban J connectivity index is 2.04. The van der Waals surface area contributed by atoms with Crippen molar-refractivity contribution in [2.75, 3.05) is 5.32 Å². The highest BCUT2D eigenvalue weighted by molar-refractivity contribution is 5.91. The number of nitrogens with two attached hydrogens (primary N) is 1. The number of carbonyl (C=O) groups excluding carboxylic acids is 1. The summed E-state index contributed by atoms with van der Waals surface area (Å²) in [6.07, 6.45) is -0.109. The molecule has 0 heterocycles. The number of rotatable bonds is 4. The first kappa shape index (κ1) is 15.1. The van der Waals surface area contributed by atoms with Gasteiger partial charge in [0.05, 0.1) is 5.69 Å². The molecule has 0 aliphatic heterocycles. The minimum absolute atomic E-state index is 0.109. The lowest BCUT2D eigenvalue weighted by molar-refractivity contribution is -0.116. The topological polar surface area (TPSA) is 55.1 Å². The quantitative estimate of drug-likeness (QED) is 0.851. The molecule has 3 nitrogen and oxygen atoms in total. The van der Waals surface area contributed by atoms with Gasteiger partial charge in [-0.1, -0.05) is 30.3 Å². The minimum Gasteiger partial charge on any atom is -0.324 e. The van der Waals surface area contributed by atoms with Crippen LogP contribution >= 0.6 is 0 Å². The predicted molar refractivity (Wildman–Crippen MR) is 72.9 cm³/mol. The third kappa shape index (κ3) is 3.82. The van der Waals surface area contributed by atoms with Crippen molar-refractivity contribution in [3.8, 4) is 0 Å². The molecule has 0 saturated carbocycles. The molecular weight excluding hydrogens is 281 g/mol. The van der Waals surface area contributed by atoms with E-state index in [9.17, 15) is 18.0 Å². The van der Waals surface area contributed by atoms with Gasteiger partial charge in [-0.15, -0.1) is 0 Å². The maximum Gasteiger partial charge on any atom is 0.226 e. The van der Waals surface area contributed by atoms with Crippen LogP contribution in [-0.4, -0.2) is 5.91 Å². The Kier molecular flexibility index (Phi) is 4.59. The Morgan fingerprint density at radius 3 is 2.33 bits per heavy atom. The van der Waals surface area contributed by atoms with Crippen molar-refractivity contribution in [3.05, 3.63) is 65.5 Å². The van der Waals surface area contributed by atoms with E-state index >= 15 is 0 Å². The van der Waals surface area contributed by atoms with Gasteiger partial charge in [0.25, 0.3) is 0 Å². The first-order chi connectivity index (χ1) is 9.97. The number of amides is 1. The van der Waals surface area contributed by atoms with Crippen molar-refractivity contribution in [2.45, 2.75) is 12.5 Å². The molecule has 0 spiro atoms. The van der Waals surface area contributed by atoms with Crippen LogP contribution in [0.25, 0.3) is 0 Å². The third-order valence-corrected chi connectivity index (χ3v) is 2.92. The molecule has 0 aromatic heterocycles. The first-order valence-corrected chi connectivity index (χ1v) is 6.22. The molecule has 0 fully saturated rings. The number of benzene rings is 2. The number of nitrogens with one attached hydrogen (secondary N) is 1. The molecule has 1 atom stereocenters. The van der Waals surface area contributed by atoms with Gasteiger partial charge in [0.2, 0.25) is 5.91 Å². The van der Waals surface area contributed by atoms with Gasteiger partial charge in [-0.3, -0.25) is 4.79 Å². The van der Waals surface area contributed by atoms with Gasteiger partial charge in [0.1, 0.15) is 5.82 Å². The van der Waals surface area contributed by atoms with Crippen molar-refractivity contribution in [2.24, 2.45) is 5.73 Å². The molecule has 21 heavy (non-hydrogen) atoms. The van der Waals surface area contributed by atoms with Gasteiger partial charge in [-0.05, 0) is 5.56 Å². The lowest BCUT2D eigenvalue weighted by Crippen LogP contribution is -2.21. The molecule has 0 bridgehead atoms. The molecule has 1 unspecified atom stereocenters. The summed E-state index contributed by atoms with van der Waals surface area (Å²) in [6, 6.07) is 9.29. The standard InChI is InChI=1S/C15H13F3N2O/c16-10-6-12(18)14(7-11(10)17)20-15(21)8-13(19)9-4-2-1-3-5-9/h1-7,13H,8,19H2,(H,20,21). The Hall–Kier alpha value is -2.34. The van der Waals surface area contributed by atoms with Crippen LogP contribution in [0.3, 0.4) is 0 Å². The molecule has 0 saturated heterocycles. The number of hydrogen-bond donors (Lipinski definition) is 2. The van der Waals surface area contributed by atoms with Gasteiger partial charge >= 0.3 is 0 Å². The van der Waals surface area contributed by atoms with Gasteiger partial charge in [0.15, 0.2) is 11.6 Å². The summed E-state index contributed by atoms with van der Waals surface area (Å²) in [5.41, 5.74) is 6.18. The Bertz CT molecular complexity index is 647. The molecule has 3 N–H and O–H groups in total. The summed E-state index contributed by atoms with van der Waals surface area (Å²) in [5.74, 6) is -4.18. The lowest BCUT2D eigenvalue weighted by Gasteiger charge is -2.12. The highest BCUT2D eigenvalue weighted by Gasteiger charge is 2.15. The Morgan fingerprint density at radius 2 is 1.67 bits per heavy atom. The van der Waals surface area contributed by atoms with E-state index in [4.69, 9.17) is 5.73 Å². The van der Waals surface area contributed by atoms with Crippen molar-refractivity contribution in [3.63, 3.8) is 0 Å². The van der Waals surface area contributed by atoms with Gasteiger partial charge in [-0.25, -0.2) is 13.2 Å². The molecule has 0 radical (unpaired) electrons. The third-order valence-electron chi connectivity index (χ3n) is 2.92. The highest BCUT2D eigenvalue weighted by Crippen LogP contribution is 2.20. The second-order valence-electron chi connectivity index (χ2n) is 4.52. The normalized spacial score (nSPS) is 12.0. The van der Waals surface area contributed by atoms with Crippen LogP contribution in [0.15, 0.2) is 42.5 Å². The fraction of sp³-hybridized carbons (Fsp3) is 0.133.